The van der Waals surface area contributed by atoms with E-state index in [0.717, 1.165) is 0 Å². The minimum atomic E-state index is -0.591. The number of rotatable bonds is 1. The molecule has 0 bridgehead atoms. The number of hydrogen-bond acceptors (Lipinski definition) is 1. The number of hydrogen-bond donors (Lipinski definition) is 1. The third kappa shape index (κ3) is 4.77. The molecule has 2 nitrogen and oxygen atoms in total. The van der Waals surface area contributed by atoms with E-state index in [1.165, 1.54) is 0 Å². The predicted octanol–water partition coefficient (Wildman–Crippen LogP) is 0.0512. The van der Waals surface area contributed by atoms with Crippen LogP contribution in [0.15, 0.2) is 12.7 Å². The topological polar surface area (TPSA) is 43.1 Å². The van der Waals surface area contributed by atoms with Crippen LogP contribution in [0.2, 0.25) is 0 Å². The number of nitrogens with two attached hydrogens (primary N) is 1. The second-order valence-corrected chi connectivity index (χ2v) is 1.16. The molecular formula is C6H7NO. The monoisotopic (exact) mass is 109 g/mol. The molecule has 0 aromatic carbocycles. The molecule has 0 heterocycles. The smallest absolute Gasteiger partial charge is 0.293 e. The fourth-order valence-corrected chi connectivity index (χ4v) is 0.210. The molecule has 0 aliphatic rings. The molecule has 0 spiro atoms. The molecule has 0 unspecified atom stereocenters. The first-order valence-corrected chi connectivity index (χ1v) is 2.16. The first-order valence-electron chi connectivity index (χ1n) is 2.16. The van der Waals surface area contributed by atoms with E-state index in [-0.39, 0.29) is 0 Å². The average Bonchev–Trinajstić information content (AvgIpc) is 1.66. The van der Waals surface area contributed by atoms with Crippen LogP contribution in [0.5, 0.6) is 0 Å². The summed E-state index contributed by atoms with van der Waals surface area (Å²) in [6, 6.07) is 0. The van der Waals surface area contributed by atoms with Gasteiger partial charge in [0.1, 0.15) is 0 Å². The van der Waals surface area contributed by atoms with Crippen LogP contribution in [0, 0.1) is 11.8 Å². The van der Waals surface area contributed by atoms with Gasteiger partial charge < -0.3 is 5.73 Å². The second-order valence-electron chi connectivity index (χ2n) is 1.16. The minimum Gasteiger partial charge on any atom is -0.359 e. The lowest BCUT2D eigenvalue weighted by Gasteiger charge is -1.70. The standard InChI is InChI=1S/C6H7NO/c1-2-3-4-5-6(7)8/h2H,1,3H2,(H2,7,8). The van der Waals surface area contributed by atoms with Crippen LogP contribution < -0.4 is 5.73 Å². The Morgan fingerprint density at radius 3 is 2.88 bits per heavy atom. The molecule has 0 saturated heterocycles. The van der Waals surface area contributed by atoms with Gasteiger partial charge in [-0.3, -0.25) is 4.79 Å². The molecule has 0 aliphatic heterocycles. The highest BCUT2D eigenvalue weighted by molar-refractivity contribution is 5.91. The van der Waals surface area contributed by atoms with Gasteiger partial charge in [0.15, 0.2) is 0 Å². The van der Waals surface area contributed by atoms with Gasteiger partial charge >= 0.3 is 0 Å². The zero-order valence-corrected chi connectivity index (χ0v) is 4.48. The maximum atomic E-state index is 9.89. The lowest BCUT2D eigenvalue weighted by Crippen LogP contribution is -2.05. The second kappa shape index (κ2) is 3.94. The number of primary amides is 1. The van der Waals surface area contributed by atoms with E-state index in [9.17, 15) is 4.79 Å². The summed E-state index contributed by atoms with van der Waals surface area (Å²) in [6.45, 7) is 3.40. The van der Waals surface area contributed by atoms with Crippen molar-refractivity contribution in [3.8, 4) is 11.8 Å². The molecule has 2 N–H and O–H groups in total. The summed E-state index contributed by atoms with van der Waals surface area (Å²) >= 11 is 0. The maximum absolute atomic E-state index is 9.89. The molecule has 2 heteroatoms. The summed E-state index contributed by atoms with van der Waals surface area (Å²) in [6.07, 6.45) is 2.12. The minimum absolute atomic E-state index is 0.517. The van der Waals surface area contributed by atoms with Gasteiger partial charge in [-0.25, -0.2) is 0 Å². The third-order valence-corrected chi connectivity index (χ3v) is 0.458. The van der Waals surface area contributed by atoms with E-state index in [4.69, 9.17) is 0 Å². The molecule has 0 aromatic heterocycles. The van der Waals surface area contributed by atoms with Crippen molar-refractivity contribution >= 4 is 5.91 Å². The van der Waals surface area contributed by atoms with Gasteiger partial charge in [-0.1, -0.05) is 12.0 Å². The molecule has 0 saturated carbocycles. The Balaban J connectivity index is 3.50. The van der Waals surface area contributed by atoms with E-state index in [1.807, 2.05) is 0 Å². The number of allylic oxidation sites excluding steroid dienone is 1. The molecule has 0 radical (unpaired) electrons. The van der Waals surface area contributed by atoms with Crippen molar-refractivity contribution in [2.75, 3.05) is 0 Å². The molecule has 0 fully saturated rings. The first-order chi connectivity index (χ1) is 3.77. The Morgan fingerprint density at radius 2 is 2.50 bits per heavy atom. The fourth-order valence-electron chi connectivity index (χ4n) is 0.210. The van der Waals surface area contributed by atoms with Gasteiger partial charge in [-0.15, -0.1) is 6.58 Å². The molecular weight excluding hydrogens is 102 g/mol. The zero-order valence-electron chi connectivity index (χ0n) is 4.48. The highest BCUT2D eigenvalue weighted by atomic mass is 16.1. The Kier molecular flexibility index (Phi) is 3.34. The van der Waals surface area contributed by atoms with Crippen LogP contribution in [0.25, 0.3) is 0 Å². The van der Waals surface area contributed by atoms with Gasteiger partial charge in [0.2, 0.25) is 0 Å². The lowest BCUT2D eigenvalue weighted by molar-refractivity contribution is -0.112. The van der Waals surface area contributed by atoms with Crippen LogP contribution in [0.3, 0.4) is 0 Å². The van der Waals surface area contributed by atoms with Crippen molar-refractivity contribution in [3.05, 3.63) is 12.7 Å². The number of amides is 1. The highest BCUT2D eigenvalue weighted by Crippen LogP contribution is 1.70. The van der Waals surface area contributed by atoms with Crippen molar-refractivity contribution in [2.24, 2.45) is 5.73 Å². The van der Waals surface area contributed by atoms with Crippen molar-refractivity contribution in [1.29, 1.82) is 0 Å². The van der Waals surface area contributed by atoms with Crippen LogP contribution in [0.1, 0.15) is 6.42 Å². The molecule has 42 valence electrons. The quantitative estimate of drug-likeness (QED) is 0.375. The predicted molar refractivity (Wildman–Crippen MR) is 31.8 cm³/mol. The molecule has 8 heavy (non-hydrogen) atoms. The largest absolute Gasteiger partial charge is 0.359 e. The summed E-state index contributed by atoms with van der Waals surface area (Å²) in [5, 5.41) is 0. The van der Waals surface area contributed by atoms with Gasteiger partial charge in [0, 0.05) is 6.42 Å². The van der Waals surface area contributed by atoms with Crippen LogP contribution in [0.4, 0.5) is 0 Å². The van der Waals surface area contributed by atoms with Gasteiger partial charge in [-0.2, -0.15) is 0 Å². The maximum Gasteiger partial charge on any atom is 0.293 e. The summed E-state index contributed by atoms with van der Waals surface area (Å²) in [5.41, 5.74) is 4.69. The van der Waals surface area contributed by atoms with Gasteiger partial charge in [0.25, 0.3) is 5.91 Å². The lowest BCUT2D eigenvalue weighted by atomic mass is 10.4. The first kappa shape index (κ1) is 6.77. The van der Waals surface area contributed by atoms with E-state index < -0.39 is 5.91 Å². The van der Waals surface area contributed by atoms with Crippen molar-refractivity contribution in [3.63, 3.8) is 0 Å². The molecule has 0 aliphatic carbocycles. The molecule has 1 amide bonds. The van der Waals surface area contributed by atoms with Crippen molar-refractivity contribution in [1.82, 2.24) is 0 Å². The highest BCUT2D eigenvalue weighted by Gasteiger charge is 1.75. The molecule has 0 aromatic rings. The Labute approximate surface area is 48.4 Å². The Hall–Kier alpha value is -1.23. The van der Waals surface area contributed by atoms with Gasteiger partial charge in [0.05, 0.1) is 0 Å². The van der Waals surface area contributed by atoms with Crippen molar-refractivity contribution in [2.45, 2.75) is 6.42 Å². The summed E-state index contributed by atoms with van der Waals surface area (Å²) in [7, 11) is 0. The fraction of sp³-hybridized carbons (Fsp3) is 0.167. The van der Waals surface area contributed by atoms with Crippen molar-refractivity contribution < 1.29 is 4.79 Å². The normalized spacial score (nSPS) is 6.50. The van der Waals surface area contributed by atoms with E-state index in [0.29, 0.717) is 6.42 Å². The SMILES string of the molecule is C=CCC#CC(N)=O. The Morgan fingerprint density at radius 1 is 1.88 bits per heavy atom. The van der Waals surface area contributed by atoms with E-state index in [1.54, 1.807) is 6.08 Å². The summed E-state index contributed by atoms with van der Waals surface area (Å²) in [5.74, 6) is 4.07. The van der Waals surface area contributed by atoms with Crippen LogP contribution in [-0.2, 0) is 4.79 Å². The number of carbonyl (C=O) groups is 1. The summed E-state index contributed by atoms with van der Waals surface area (Å²) in [4.78, 5) is 9.89. The Bertz CT molecular complexity index is 150. The third-order valence-electron chi connectivity index (χ3n) is 0.458. The van der Waals surface area contributed by atoms with Crippen LogP contribution >= 0.6 is 0 Å². The number of carbonyl (C=O) groups excluding carboxylic acids is 1. The van der Waals surface area contributed by atoms with Gasteiger partial charge in [-0.05, 0) is 5.92 Å². The summed E-state index contributed by atoms with van der Waals surface area (Å²) < 4.78 is 0. The average molecular weight is 109 g/mol. The van der Waals surface area contributed by atoms with Crippen LogP contribution in [-0.4, -0.2) is 5.91 Å². The molecule has 0 rings (SSSR count). The van der Waals surface area contributed by atoms with E-state index in [2.05, 4.69) is 24.2 Å². The molecule has 0 atom stereocenters. The van der Waals surface area contributed by atoms with E-state index >= 15 is 0 Å². The zero-order chi connectivity index (χ0) is 6.41.